The molecule has 1 heterocycles. The van der Waals surface area contributed by atoms with Crippen LogP contribution in [0.5, 0.6) is 0 Å². The number of nitrogens with one attached hydrogen (secondary N) is 1. The average Bonchev–Trinajstić information content (AvgIpc) is 2.43. The molecule has 0 aliphatic rings. The summed E-state index contributed by atoms with van der Waals surface area (Å²) in [5.41, 5.74) is 2.15. The topological polar surface area (TPSA) is 24.9 Å². The predicted molar refractivity (Wildman–Crippen MR) is 78.6 cm³/mol. The molecule has 2 nitrogen and oxygen atoms in total. The molecule has 1 unspecified atom stereocenters. The second-order valence-corrected chi connectivity index (χ2v) is 5.35. The van der Waals surface area contributed by atoms with Gasteiger partial charge in [-0.25, -0.2) is 4.39 Å². The van der Waals surface area contributed by atoms with Crippen LogP contribution in [-0.4, -0.2) is 18.1 Å². The molecule has 0 fully saturated rings. The second-order valence-electron chi connectivity index (χ2n) is 4.49. The molecular weight excluding hydrogens is 307 g/mol. The van der Waals surface area contributed by atoms with Crippen LogP contribution >= 0.6 is 15.9 Å². The van der Waals surface area contributed by atoms with Crippen LogP contribution in [0.3, 0.4) is 0 Å². The van der Waals surface area contributed by atoms with Gasteiger partial charge >= 0.3 is 0 Å². The van der Waals surface area contributed by atoms with Crippen LogP contribution in [0.2, 0.25) is 0 Å². The Morgan fingerprint density at radius 2 is 2.16 bits per heavy atom. The molecule has 4 heteroatoms. The Labute approximate surface area is 121 Å². The summed E-state index contributed by atoms with van der Waals surface area (Å²) in [6.45, 7) is 0. The van der Waals surface area contributed by atoms with Gasteiger partial charge in [0.05, 0.1) is 0 Å². The Hall–Kier alpha value is -1.26. The van der Waals surface area contributed by atoms with Crippen LogP contribution in [0, 0.1) is 5.82 Å². The normalized spacial score (nSPS) is 12.4. The van der Waals surface area contributed by atoms with Crippen LogP contribution < -0.4 is 5.32 Å². The van der Waals surface area contributed by atoms with Gasteiger partial charge in [-0.2, -0.15) is 0 Å². The molecule has 2 aromatic rings. The van der Waals surface area contributed by atoms with Gasteiger partial charge in [0, 0.05) is 22.9 Å². The van der Waals surface area contributed by atoms with Crippen molar-refractivity contribution in [2.24, 2.45) is 0 Å². The number of hydrogen-bond donors (Lipinski definition) is 1. The third-order valence-electron chi connectivity index (χ3n) is 3.09. The van der Waals surface area contributed by atoms with Crippen molar-refractivity contribution in [2.45, 2.75) is 18.9 Å². The molecule has 0 saturated heterocycles. The highest BCUT2D eigenvalue weighted by atomic mass is 79.9. The second kappa shape index (κ2) is 6.78. The SMILES string of the molecule is CNC(Cc1cccnc1)Cc1cc(F)ccc1Br. The highest BCUT2D eigenvalue weighted by molar-refractivity contribution is 9.10. The van der Waals surface area contributed by atoms with Gasteiger partial charge in [0.15, 0.2) is 0 Å². The van der Waals surface area contributed by atoms with Gasteiger partial charge in [-0.05, 0) is 55.3 Å². The average molecular weight is 323 g/mol. The van der Waals surface area contributed by atoms with E-state index >= 15 is 0 Å². The summed E-state index contributed by atoms with van der Waals surface area (Å²) in [6.07, 6.45) is 5.27. The van der Waals surface area contributed by atoms with E-state index in [1.807, 2.05) is 19.3 Å². The summed E-state index contributed by atoms with van der Waals surface area (Å²) in [7, 11) is 1.92. The summed E-state index contributed by atoms with van der Waals surface area (Å²) in [4.78, 5) is 4.11. The first-order valence-corrected chi connectivity index (χ1v) is 6.98. The smallest absolute Gasteiger partial charge is 0.123 e. The number of likely N-dealkylation sites (N-methyl/N-ethyl adjacent to an activating group) is 1. The zero-order chi connectivity index (χ0) is 13.7. The number of nitrogens with zero attached hydrogens (tertiary/aromatic N) is 1. The van der Waals surface area contributed by atoms with Crippen LogP contribution in [0.1, 0.15) is 11.1 Å². The summed E-state index contributed by atoms with van der Waals surface area (Å²) in [5, 5.41) is 3.27. The quantitative estimate of drug-likeness (QED) is 0.913. The van der Waals surface area contributed by atoms with Gasteiger partial charge in [-0.15, -0.1) is 0 Å². The lowest BCUT2D eigenvalue weighted by molar-refractivity contribution is 0.551. The molecule has 19 heavy (non-hydrogen) atoms. The van der Waals surface area contributed by atoms with E-state index in [2.05, 4.69) is 32.3 Å². The Bertz CT molecular complexity index is 531. The number of pyridine rings is 1. The molecule has 0 saturated carbocycles. The number of rotatable bonds is 5. The van der Waals surface area contributed by atoms with Gasteiger partial charge < -0.3 is 5.32 Å². The molecule has 1 aromatic carbocycles. The molecule has 0 spiro atoms. The Kier molecular flexibility index (Phi) is 5.05. The fourth-order valence-corrected chi connectivity index (χ4v) is 2.45. The minimum Gasteiger partial charge on any atom is -0.316 e. The maximum absolute atomic E-state index is 13.3. The van der Waals surface area contributed by atoms with Crippen LogP contribution in [0.4, 0.5) is 4.39 Å². The molecule has 0 bridgehead atoms. The van der Waals surface area contributed by atoms with E-state index in [4.69, 9.17) is 0 Å². The monoisotopic (exact) mass is 322 g/mol. The van der Waals surface area contributed by atoms with Crippen molar-refractivity contribution in [1.82, 2.24) is 10.3 Å². The minimum absolute atomic E-state index is 0.200. The van der Waals surface area contributed by atoms with Crippen LogP contribution in [0.15, 0.2) is 47.2 Å². The van der Waals surface area contributed by atoms with Crippen LogP contribution in [0.25, 0.3) is 0 Å². The van der Waals surface area contributed by atoms with E-state index in [1.54, 1.807) is 18.3 Å². The molecule has 2 rings (SSSR count). The van der Waals surface area contributed by atoms with E-state index in [0.29, 0.717) is 0 Å². The molecule has 0 aliphatic carbocycles. The van der Waals surface area contributed by atoms with E-state index in [-0.39, 0.29) is 11.9 Å². The summed E-state index contributed by atoms with van der Waals surface area (Å²) in [6, 6.07) is 9.03. The lowest BCUT2D eigenvalue weighted by atomic mass is 10.00. The standard InChI is InChI=1S/C15H16BrFN2/c1-18-14(7-11-3-2-6-19-10-11)9-12-8-13(17)4-5-15(12)16/h2-6,8,10,14,18H,7,9H2,1H3. The predicted octanol–water partition coefficient (Wildman–Crippen LogP) is 3.36. The van der Waals surface area contributed by atoms with Crippen molar-refractivity contribution in [3.05, 3.63) is 64.1 Å². The minimum atomic E-state index is -0.200. The molecule has 1 aromatic heterocycles. The molecule has 0 amide bonds. The van der Waals surface area contributed by atoms with Gasteiger partial charge in [-0.1, -0.05) is 22.0 Å². The number of hydrogen-bond acceptors (Lipinski definition) is 2. The third kappa shape index (κ3) is 4.11. The summed E-state index contributed by atoms with van der Waals surface area (Å²) in [5.74, 6) is -0.200. The Balaban J connectivity index is 2.09. The largest absolute Gasteiger partial charge is 0.316 e. The molecule has 1 N–H and O–H groups in total. The van der Waals surface area contributed by atoms with E-state index in [0.717, 1.165) is 22.9 Å². The maximum atomic E-state index is 13.3. The van der Waals surface area contributed by atoms with Crippen LogP contribution in [-0.2, 0) is 12.8 Å². The first-order chi connectivity index (χ1) is 9.19. The Morgan fingerprint density at radius 1 is 1.32 bits per heavy atom. The van der Waals surface area contributed by atoms with E-state index < -0.39 is 0 Å². The molecular formula is C15H16BrFN2. The first-order valence-electron chi connectivity index (χ1n) is 6.19. The highest BCUT2D eigenvalue weighted by Gasteiger charge is 2.11. The first kappa shape index (κ1) is 14.2. The van der Waals surface area contributed by atoms with Gasteiger partial charge in [-0.3, -0.25) is 4.98 Å². The van der Waals surface area contributed by atoms with Crippen molar-refractivity contribution in [3.8, 4) is 0 Å². The van der Waals surface area contributed by atoms with E-state index in [9.17, 15) is 4.39 Å². The number of aromatic nitrogens is 1. The molecule has 0 radical (unpaired) electrons. The lowest BCUT2D eigenvalue weighted by Gasteiger charge is -2.17. The molecule has 100 valence electrons. The Morgan fingerprint density at radius 3 is 2.84 bits per heavy atom. The van der Waals surface area contributed by atoms with Crippen molar-refractivity contribution < 1.29 is 4.39 Å². The lowest BCUT2D eigenvalue weighted by Crippen LogP contribution is -2.30. The van der Waals surface area contributed by atoms with Gasteiger partial charge in [0.25, 0.3) is 0 Å². The maximum Gasteiger partial charge on any atom is 0.123 e. The third-order valence-corrected chi connectivity index (χ3v) is 3.86. The number of halogens is 2. The van der Waals surface area contributed by atoms with Crippen molar-refractivity contribution in [1.29, 1.82) is 0 Å². The fourth-order valence-electron chi connectivity index (χ4n) is 2.04. The highest BCUT2D eigenvalue weighted by Crippen LogP contribution is 2.20. The van der Waals surface area contributed by atoms with Gasteiger partial charge in [0.1, 0.15) is 5.82 Å². The summed E-state index contributed by atoms with van der Waals surface area (Å²) < 4.78 is 14.2. The summed E-state index contributed by atoms with van der Waals surface area (Å²) >= 11 is 3.47. The van der Waals surface area contributed by atoms with E-state index in [1.165, 1.54) is 11.6 Å². The van der Waals surface area contributed by atoms with Gasteiger partial charge in [0.2, 0.25) is 0 Å². The van der Waals surface area contributed by atoms with Crippen molar-refractivity contribution in [3.63, 3.8) is 0 Å². The zero-order valence-electron chi connectivity index (χ0n) is 10.7. The van der Waals surface area contributed by atoms with Crippen molar-refractivity contribution in [2.75, 3.05) is 7.05 Å². The molecule has 0 aliphatic heterocycles. The zero-order valence-corrected chi connectivity index (χ0v) is 12.3. The van der Waals surface area contributed by atoms with Crippen molar-refractivity contribution >= 4 is 15.9 Å². The number of benzene rings is 1. The molecule has 1 atom stereocenters. The fraction of sp³-hybridized carbons (Fsp3) is 0.267.